The molecule has 0 aliphatic carbocycles. The number of nitrogens with zero attached hydrogens (tertiary/aromatic N) is 2. The first-order valence-electron chi connectivity index (χ1n) is 7.29. The van der Waals surface area contributed by atoms with E-state index in [9.17, 15) is 0 Å². The quantitative estimate of drug-likeness (QED) is 0.406. The Morgan fingerprint density at radius 2 is 2.04 bits per heavy atom. The van der Waals surface area contributed by atoms with E-state index in [1.807, 2.05) is 19.1 Å². The Morgan fingerprint density at radius 1 is 1.26 bits per heavy atom. The predicted octanol–water partition coefficient (Wildman–Crippen LogP) is 3.33. The zero-order valence-electron chi connectivity index (χ0n) is 13.6. The Hall–Kier alpha value is -1.35. The number of guanidine groups is 1. The summed E-state index contributed by atoms with van der Waals surface area (Å²) in [6, 6.07) is 8.17. The molecule has 0 fully saturated rings. The van der Waals surface area contributed by atoms with Crippen LogP contribution in [0.2, 0.25) is 0 Å². The van der Waals surface area contributed by atoms with E-state index in [0.29, 0.717) is 19.0 Å². The molecule has 0 aliphatic heterocycles. The minimum atomic E-state index is 0. The Bertz CT molecular complexity index is 630. The molecular weight excluding hydrogens is 423 g/mol. The number of nitrogens with one attached hydrogen (secondary N) is 2. The van der Waals surface area contributed by atoms with Crippen LogP contribution in [0.5, 0.6) is 5.88 Å². The van der Waals surface area contributed by atoms with E-state index >= 15 is 0 Å². The number of aliphatic imine (C=N–C) groups is 1. The first-order chi connectivity index (χ1) is 10.7. The van der Waals surface area contributed by atoms with Gasteiger partial charge in [-0.05, 0) is 37.6 Å². The van der Waals surface area contributed by atoms with E-state index < -0.39 is 0 Å². The van der Waals surface area contributed by atoms with Gasteiger partial charge in [-0.25, -0.2) is 4.98 Å². The van der Waals surface area contributed by atoms with Crippen LogP contribution < -0.4 is 15.4 Å². The van der Waals surface area contributed by atoms with Crippen molar-refractivity contribution in [2.75, 3.05) is 13.7 Å². The molecule has 2 N–H and O–H groups in total. The lowest BCUT2D eigenvalue weighted by atomic mass is 10.2. The average Bonchev–Trinajstić information content (AvgIpc) is 2.94. The summed E-state index contributed by atoms with van der Waals surface area (Å²) in [5.74, 6) is 1.43. The third-order valence-corrected chi connectivity index (χ3v) is 4.00. The predicted molar refractivity (Wildman–Crippen MR) is 107 cm³/mol. The van der Waals surface area contributed by atoms with Crippen molar-refractivity contribution in [1.82, 2.24) is 15.6 Å². The normalized spacial score (nSPS) is 10.8. The van der Waals surface area contributed by atoms with Gasteiger partial charge in [0, 0.05) is 35.6 Å². The highest BCUT2D eigenvalue weighted by atomic mass is 127. The fourth-order valence-corrected chi connectivity index (χ4v) is 2.77. The molecule has 23 heavy (non-hydrogen) atoms. The number of ether oxygens (including phenoxy) is 1. The Kier molecular flexibility index (Phi) is 8.93. The molecule has 2 heterocycles. The molecule has 0 radical (unpaired) electrons. The molecule has 0 saturated carbocycles. The van der Waals surface area contributed by atoms with Gasteiger partial charge >= 0.3 is 0 Å². The van der Waals surface area contributed by atoms with Crippen LogP contribution in [0.3, 0.4) is 0 Å². The molecule has 0 amide bonds. The van der Waals surface area contributed by atoms with Gasteiger partial charge in [0.05, 0.1) is 13.2 Å². The van der Waals surface area contributed by atoms with Crippen LogP contribution in [0.25, 0.3) is 0 Å². The van der Waals surface area contributed by atoms with E-state index in [-0.39, 0.29) is 24.0 Å². The van der Waals surface area contributed by atoms with Gasteiger partial charge in [0.15, 0.2) is 5.96 Å². The first-order valence-corrected chi connectivity index (χ1v) is 8.10. The van der Waals surface area contributed by atoms with Crippen LogP contribution in [-0.2, 0) is 13.1 Å². The van der Waals surface area contributed by atoms with E-state index in [1.54, 1.807) is 24.6 Å². The molecular formula is C16H23IN4OS. The van der Waals surface area contributed by atoms with Crippen LogP contribution in [0.15, 0.2) is 35.5 Å². The largest absolute Gasteiger partial charge is 0.478 e. The second-order valence-corrected chi connectivity index (χ2v) is 6.10. The van der Waals surface area contributed by atoms with Crippen molar-refractivity contribution in [2.45, 2.75) is 26.9 Å². The fraction of sp³-hybridized carbons (Fsp3) is 0.375. The van der Waals surface area contributed by atoms with Crippen LogP contribution in [-0.4, -0.2) is 24.6 Å². The summed E-state index contributed by atoms with van der Waals surface area (Å²) in [6.45, 7) is 6.13. The summed E-state index contributed by atoms with van der Waals surface area (Å²) in [6.07, 6.45) is 1.76. The average molecular weight is 446 g/mol. The Labute approximate surface area is 158 Å². The van der Waals surface area contributed by atoms with Gasteiger partial charge in [0.25, 0.3) is 0 Å². The molecule has 2 rings (SSSR count). The lowest BCUT2D eigenvalue weighted by Gasteiger charge is -2.11. The molecule has 2 aromatic heterocycles. The highest BCUT2D eigenvalue weighted by Gasteiger charge is 2.02. The van der Waals surface area contributed by atoms with E-state index in [1.165, 1.54) is 9.75 Å². The number of thiophene rings is 1. The van der Waals surface area contributed by atoms with E-state index in [4.69, 9.17) is 4.74 Å². The van der Waals surface area contributed by atoms with Crippen molar-refractivity contribution >= 4 is 41.3 Å². The van der Waals surface area contributed by atoms with E-state index in [2.05, 4.69) is 39.7 Å². The van der Waals surface area contributed by atoms with Gasteiger partial charge in [-0.3, -0.25) is 4.99 Å². The molecule has 2 aromatic rings. The second kappa shape index (κ2) is 10.4. The molecule has 0 aliphatic rings. The SMILES string of the molecule is CCOc1cc(CNC(=NC)NCc2ccc(C)s2)ccn1.I. The van der Waals surface area contributed by atoms with Crippen molar-refractivity contribution < 1.29 is 4.74 Å². The topological polar surface area (TPSA) is 58.5 Å². The number of halogens is 1. The minimum absolute atomic E-state index is 0. The third-order valence-electron chi connectivity index (χ3n) is 3.00. The molecule has 0 atom stereocenters. The number of hydrogen-bond donors (Lipinski definition) is 2. The van der Waals surface area contributed by atoms with Crippen molar-refractivity contribution in [3.05, 3.63) is 45.8 Å². The monoisotopic (exact) mass is 446 g/mol. The van der Waals surface area contributed by atoms with Gasteiger partial charge in [0.2, 0.25) is 5.88 Å². The van der Waals surface area contributed by atoms with Gasteiger partial charge in [-0.1, -0.05) is 0 Å². The highest BCUT2D eigenvalue weighted by Crippen LogP contribution is 2.14. The molecule has 5 nitrogen and oxygen atoms in total. The molecule has 126 valence electrons. The Balaban J connectivity index is 0.00000264. The lowest BCUT2D eigenvalue weighted by molar-refractivity contribution is 0.326. The van der Waals surface area contributed by atoms with Gasteiger partial charge in [-0.2, -0.15) is 0 Å². The summed E-state index contributed by atoms with van der Waals surface area (Å²) in [5, 5.41) is 6.60. The zero-order valence-corrected chi connectivity index (χ0v) is 16.8. The van der Waals surface area contributed by atoms with Gasteiger partial charge in [-0.15, -0.1) is 35.3 Å². The second-order valence-electron chi connectivity index (χ2n) is 4.73. The number of pyridine rings is 1. The maximum atomic E-state index is 5.40. The summed E-state index contributed by atoms with van der Waals surface area (Å²) in [5.41, 5.74) is 1.10. The summed E-state index contributed by atoms with van der Waals surface area (Å²) >= 11 is 1.79. The van der Waals surface area contributed by atoms with E-state index in [0.717, 1.165) is 18.1 Å². The molecule has 0 spiro atoms. The van der Waals surface area contributed by atoms with Gasteiger partial charge < -0.3 is 15.4 Å². The number of aromatic nitrogens is 1. The summed E-state index contributed by atoms with van der Waals surface area (Å²) < 4.78 is 5.40. The molecule has 0 saturated heterocycles. The smallest absolute Gasteiger partial charge is 0.213 e. The van der Waals surface area contributed by atoms with Crippen LogP contribution in [0.4, 0.5) is 0 Å². The maximum Gasteiger partial charge on any atom is 0.213 e. The highest BCUT2D eigenvalue weighted by molar-refractivity contribution is 14.0. The number of rotatable bonds is 6. The number of hydrogen-bond acceptors (Lipinski definition) is 4. The number of aryl methyl sites for hydroxylation is 1. The molecule has 0 bridgehead atoms. The van der Waals surface area contributed by atoms with Crippen molar-refractivity contribution in [3.8, 4) is 5.88 Å². The van der Waals surface area contributed by atoms with Crippen molar-refractivity contribution in [1.29, 1.82) is 0 Å². The van der Waals surface area contributed by atoms with Crippen LogP contribution in [0, 0.1) is 6.92 Å². The zero-order chi connectivity index (χ0) is 15.8. The maximum absolute atomic E-state index is 5.40. The Morgan fingerprint density at radius 3 is 2.70 bits per heavy atom. The minimum Gasteiger partial charge on any atom is -0.478 e. The standard InChI is InChI=1S/C16H22N4OS.HI/c1-4-21-15-9-13(7-8-18-15)10-19-16(17-3)20-11-14-6-5-12(2)22-14;/h5-9H,4,10-11H2,1-3H3,(H2,17,19,20);1H. The van der Waals surface area contributed by atoms with Crippen molar-refractivity contribution in [3.63, 3.8) is 0 Å². The van der Waals surface area contributed by atoms with Crippen LogP contribution >= 0.6 is 35.3 Å². The van der Waals surface area contributed by atoms with Crippen molar-refractivity contribution in [2.24, 2.45) is 4.99 Å². The molecule has 0 aromatic carbocycles. The van der Waals surface area contributed by atoms with Gasteiger partial charge in [0.1, 0.15) is 0 Å². The van der Waals surface area contributed by atoms with Crippen LogP contribution in [0.1, 0.15) is 22.2 Å². The summed E-state index contributed by atoms with van der Waals surface area (Å²) in [7, 11) is 1.77. The molecule has 7 heteroatoms. The lowest BCUT2D eigenvalue weighted by Crippen LogP contribution is -2.36. The third kappa shape index (κ3) is 6.74. The summed E-state index contributed by atoms with van der Waals surface area (Å²) in [4.78, 5) is 11.0. The molecule has 0 unspecified atom stereocenters. The first kappa shape index (κ1) is 19.7. The fourth-order valence-electron chi connectivity index (χ4n) is 1.94.